The quantitative estimate of drug-likeness (QED) is 0.688. The summed E-state index contributed by atoms with van der Waals surface area (Å²) in [6.07, 6.45) is 3.80. The first-order valence-corrected chi connectivity index (χ1v) is 6.16. The smallest absolute Gasteiger partial charge is 0.0348 e. The van der Waals surface area contributed by atoms with E-state index < -0.39 is 0 Å². The van der Waals surface area contributed by atoms with Crippen LogP contribution in [-0.2, 0) is 6.42 Å². The predicted octanol–water partition coefficient (Wildman–Crippen LogP) is 4.55. The number of fused-ring (bicyclic) bond motifs is 1. The highest BCUT2D eigenvalue weighted by Crippen LogP contribution is 2.26. The van der Waals surface area contributed by atoms with Crippen LogP contribution in [0.4, 0.5) is 0 Å². The van der Waals surface area contributed by atoms with E-state index in [1.807, 2.05) is 11.3 Å². The van der Waals surface area contributed by atoms with E-state index in [1.165, 1.54) is 40.5 Å². The summed E-state index contributed by atoms with van der Waals surface area (Å²) in [4.78, 5) is 0. The fourth-order valence-electron chi connectivity index (χ4n) is 1.87. The SMILES string of the molecule is CCCCc1cc(C)cc2sccc12. The molecule has 2 aromatic rings. The molecule has 1 heteroatoms. The maximum atomic E-state index is 2.34. The van der Waals surface area contributed by atoms with Gasteiger partial charge in [-0.15, -0.1) is 11.3 Å². The minimum atomic E-state index is 1.23. The van der Waals surface area contributed by atoms with E-state index in [2.05, 4.69) is 37.4 Å². The van der Waals surface area contributed by atoms with Gasteiger partial charge in [0.1, 0.15) is 0 Å². The molecule has 0 radical (unpaired) electrons. The molecule has 0 fully saturated rings. The summed E-state index contributed by atoms with van der Waals surface area (Å²) in [6.45, 7) is 4.44. The molecule has 0 amide bonds. The molecule has 2 rings (SSSR count). The largest absolute Gasteiger partial charge is 0.144 e. The van der Waals surface area contributed by atoms with Crippen molar-refractivity contribution in [2.75, 3.05) is 0 Å². The third-order valence-electron chi connectivity index (χ3n) is 2.60. The summed E-state index contributed by atoms with van der Waals surface area (Å²) < 4.78 is 1.44. The number of benzene rings is 1. The Labute approximate surface area is 89.6 Å². The fraction of sp³-hybridized carbons (Fsp3) is 0.385. The van der Waals surface area contributed by atoms with Crippen molar-refractivity contribution in [3.8, 4) is 0 Å². The van der Waals surface area contributed by atoms with Crippen molar-refractivity contribution in [1.82, 2.24) is 0 Å². The molecule has 0 aliphatic carbocycles. The van der Waals surface area contributed by atoms with Gasteiger partial charge in [0, 0.05) is 4.70 Å². The number of aryl methyl sites for hydroxylation is 2. The van der Waals surface area contributed by atoms with Gasteiger partial charge in [-0.25, -0.2) is 0 Å². The van der Waals surface area contributed by atoms with Crippen LogP contribution in [0.1, 0.15) is 30.9 Å². The zero-order valence-corrected chi connectivity index (χ0v) is 9.66. The van der Waals surface area contributed by atoms with Gasteiger partial charge in [0.2, 0.25) is 0 Å². The van der Waals surface area contributed by atoms with Gasteiger partial charge >= 0.3 is 0 Å². The maximum absolute atomic E-state index is 2.34. The van der Waals surface area contributed by atoms with Gasteiger partial charge in [-0.2, -0.15) is 0 Å². The first kappa shape index (κ1) is 9.72. The van der Waals surface area contributed by atoms with Crippen LogP contribution in [0, 0.1) is 6.92 Å². The molecule has 0 bridgehead atoms. The minimum absolute atomic E-state index is 1.23. The lowest BCUT2D eigenvalue weighted by atomic mass is 10.0. The monoisotopic (exact) mass is 204 g/mol. The van der Waals surface area contributed by atoms with Crippen LogP contribution >= 0.6 is 11.3 Å². The van der Waals surface area contributed by atoms with E-state index in [1.54, 1.807) is 0 Å². The van der Waals surface area contributed by atoms with Gasteiger partial charge in [0.05, 0.1) is 0 Å². The van der Waals surface area contributed by atoms with E-state index in [0.717, 1.165) is 0 Å². The Kier molecular flexibility index (Phi) is 2.87. The van der Waals surface area contributed by atoms with E-state index in [9.17, 15) is 0 Å². The Morgan fingerprint density at radius 2 is 2.14 bits per heavy atom. The Balaban J connectivity index is 2.44. The fourth-order valence-corrected chi connectivity index (χ4v) is 2.80. The maximum Gasteiger partial charge on any atom is 0.0348 e. The summed E-state index contributed by atoms with van der Waals surface area (Å²) in [5.74, 6) is 0. The average Bonchev–Trinajstić information content (AvgIpc) is 2.61. The number of hydrogen-bond acceptors (Lipinski definition) is 1. The molecule has 0 atom stereocenters. The molecular weight excluding hydrogens is 188 g/mol. The summed E-state index contributed by atoms with van der Waals surface area (Å²) in [7, 11) is 0. The number of rotatable bonds is 3. The van der Waals surface area contributed by atoms with E-state index >= 15 is 0 Å². The predicted molar refractivity (Wildman–Crippen MR) is 65.2 cm³/mol. The van der Waals surface area contributed by atoms with Crippen molar-refractivity contribution < 1.29 is 0 Å². The van der Waals surface area contributed by atoms with Crippen LogP contribution in [0.3, 0.4) is 0 Å². The minimum Gasteiger partial charge on any atom is -0.144 e. The molecular formula is C13H16S. The van der Waals surface area contributed by atoms with Crippen molar-refractivity contribution in [3.05, 3.63) is 34.7 Å². The second-order valence-electron chi connectivity index (χ2n) is 3.86. The van der Waals surface area contributed by atoms with Crippen molar-refractivity contribution in [3.63, 3.8) is 0 Å². The first-order chi connectivity index (χ1) is 6.81. The second-order valence-corrected chi connectivity index (χ2v) is 4.81. The molecule has 14 heavy (non-hydrogen) atoms. The van der Waals surface area contributed by atoms with Gasteiger partial charge in [0.25, 0.3) is 0 Å². The molecule has 0 aliphatic heterocycles. The second kappa shape index (κ2) is 4.14. The van der Waals surface area contributed by atoms with Gasteiger partial charge in [0.15, 0.2) is 0 Å². The summed E-state index contributed by atoms with van der Waals surface area (Å²) in [5.41, 5.74) is 2.93. The molecule has 0 aliphatic rings. The van der Waals surface area contributed by atoms with E-state index in [-0.39, 0.29) is 0 Å². The normalized spacial score (nSPS) is 11.0. The topological polar surface area (TPSA) is 0 Å². The van der Waals surface area contributed by atoms with E-state index in [0.29, 0.717) is 0 Å². The lowest BCUT2D eigenvalue weighted by Crippen LogP contribution is -1.86. The molecule has 74 valence electrons. The molecule has 0 saturated heterocycles. The summed E-state index contributed by atoms with van der Waals surface area (Å²) >= 11 is 1.85. The number of thiophene rings is 1. The van der Waals surface area contributed by atoms with Crippen LogP contribution in [-0.4, -0.2) is 0 Å². The average molecular weight is 204 g/mol. The van der Waals surface area contributed by atoms with Gasteiger partial charge in [-0.3, -0.25) is 0 Å². The van der Waals surface area contributed by atoms with Crippen LogP contribution in [0.25, 0.3) is 10.1 Å². The number of hydrogen-bond donors (Lipinski definition) is 0. The summed E-state index contributed by atoms with van der Waals surface area (Å²) in [6, 6.07) is 6.88. The molecule has 1 aromatic carbocycles. The standard InChI is InChI=1S/C13H16S/c1-3-4-5-11-8-10(2)9-13-12(11)6-7-14-13/h6-9H,3-5H2,1-2H3. The van der Waals surface area contributed by atoms with Crippen molar-refractivity contribution in [1.29, 1.82) is 0 Å². The van der Waals surface area contributed by atoms with Crippen LogP contribution in [0.15, 0.2) is 23.6 Å². The third-order valence-corrected chi connectivity index (χ3v) is 3.47. The zero-order valence-electron chi connectivity index (χ0n) is 8.84. The molecule has 1 aromatic heterocycles. The molecule has 0 spiro atoms. The van der Waals surface area contributed by atoms with Crippen molar-refractivity contribution >= 4 is 21.4 Å². The van der Waals surface area contributed by atoms with E-state index in [4.69, 9.17) is 0 Å². The molecule has 0 nitrogen and oxygen atoms in total. The van der Waals surface area contributed by atoms with Crippen molar-refractivity contribution in [2.45, 2.75) is 33.1 Å². The highest BCUT2D eigenvalue weighted by Gasteiger charge is 2.02. The lowest BCUT2D eigenvalue weighted by molar-refractivity contribution is 0.798. The highest BCUT2D eigenvalue weighted by atomic mass is 32.1. The third kappa shape index (κ3) is 1.83. The molecule has 0 N–H and O–H groups in total. The Bertz CT molecular complexity index is 426. The Morgan fingerprint density at radius 1 is 1.29 bits per heavy atom. The molecule has 0 saturated carbocycles. The van der Waals surface area contributed by atoms with Crippen LogP contribution in [0.5, 0.6) is 0 Å². The van der Waals surface area contributed by atoms with Crippen LogP contribution < -0.4 is 0 Å². The van der Waals surface area contributed by atoms with Crippen molar-refractivity contribution in [2.24, 2.45) is 0 Å². The zero-order chi connectivity index (χ0) is 9.97. The van der Waals surface area contributed by atoms with Gasteiger partial charge in [-0.1, -0.05) is 19.4 Å². The van der Waals surface area contributed by atoms with Gasteiger partial charge < -0.3 is 0 Å². The lowest BCUT2D eigenvalue weighted by Gasteiger charge is -2.04. The van der Waals surface area contributed by atoms with Crippen LogP contribution in [0.2, 0.25) is 0 Å². The highest BCUT2D eigenvalue weighted by molar-refractivity contribution is 7.17. The van der Waals surface area contributed by atoms with Gasteiger partial charge in [-0.05, 0) is 53.8 Å². The summed E-state index contributed by atoms with van der Waals surface area (Å²) in [5, 5.41) is 3.66. The Morgan fingerprint density at radius 3 is 2.93 bits per heavy atom. The molecule has 0 unspecified atom stereocenters. The molecule has 1 heterocycles. The number of unbranched alkanes of at least 4 members (excludes halogenated alkanes) is 1. The Hall–Kier alpha value is -0.820. The first-order valence-electron chi connectivity index (χ1n) is 5.28.